The third-order valence-electron chi connectivity index (χ3n) is 2.07. The monoisotopic (exact) mass is 302 g/mol. The Labute approximate surface area is 108 Å². The molecule has 0 saturated carbocycles. The zero-order valence-electron chi connectivity index (χ0n) is 9.59. The summed E-state index contributed by atoms with van der Waals surface area (Å²) >= 11 is 3.12. The summed E-state index contributed by atoms with van der Waals surface area (Å²) in [5.74, 6) is -0.313. The number of carbonyl (C=O) groups excluding carboxylic acids is 2. The number of rotatable bonds is 6. The number of carbonyl (C=O) groups is 2. The van der Waals surface area contributed by atoms with Crippen molar-refractivity contribution < 1.29 is 14.0 Å². The fourth-order valence-electron chi connectivity index (χ4n) is 1.19. The van der Waals surface area contributed by atoms with Gasteiger partial charge in [-0.2, -0.15) is 0 Å². The second kappa shape index (κ2) is 7.11. The third-order valence-corrected chi connectivity index (χ3v) is 2.69. The van der Waals surface area contributed by atoms with Crippen molar-refractivity contribution in [2.75, 3.05) is 13.1 Å². The fourth-order valence-corrected chi connectivity index (χ4v) is 1.61. The molecule has 6 heteroatoms. The molecule has 0 aliphatic carbocycles. The number of halogens is 1. The summed E-state index contributed by atoms with van der Waals surface area (Å²) in [5, 5.41) is 5.38. The van der Waals surface area contributed by atoms with Crippen LogP contribution >= 0.6 is 15.9 Å². The highest BCUT2D eigenvalue weighted by molar-refractivity contribution is 9.10. The Morgan fingerprint density at radius 2 is 2.12 bits per heavy atom. The first kappa shape index (κ1) is 13.8. The Hall–Kier alpha value is -1.30. The lowest BCUT2D eigenvalue weighted by Crippen LogP contribution is -2.31. The molecule has 1 aromatic heterocycles. The van der Waals surface area contributed by atoms with Crippen LogP contribution in [0.2, 0.25) is 0 Å². The number of amides is 2. The first-order chi connectivity index (χ1) is 8.15. The van der Waals surface area contributed by atoms with E-state index in [2.05, 4.69) is 26.6 Å². The summed E-state index contributed by atoms with van der Waals surface area (Å²) < 4.78 is 5.34. The lowest BCUT2D eigenvalue weighted by molar-refractivity contribution is -0.120. The molecule has 0 atom stereocenters. The van der Waals surface area contributed by atoms with E-state index in [1.54, 1.807) is 6.07 Å². The molecule has 1 rings (SSSR count). The normalized spacial score (nSPS) is 10.0. The molecule has 1 heterocycles. The van der Waals surface area contributed by atoms with E-state index in [0.29, 0.717) is 23.3 Å². The summed E-state index contributed by atoms with van der Waals surface area (Å²) in [6.45, 7) is 2.96. The Morgan fingerprint density at radius 1 is 1.35 bits per heavy atom. The van der Waals surface area contributed by atoms with Gasteiger partial charge in [0.1, 0.15) is 0 Å². The van der Waals surface area contributed by atoms with Crippen molar-refractivity contribution in [3.8, 4) is 0 Å². The fraction of sp³-hybridized carbons (Fsp3) is 0.455. The summed E-state index contributed by atoms with van der Waals surface area (Å²) in [5.41, 5.74) is 0.430. The van der Waals surface area contributed by atoms with Crippen LogP contribution in [0.1, 0.15) is 30.1 Å². The average Bonchev–Trinajstić information content (AvgIpc) is 2.72. The zero-order valence-corrected chi connectivity index (χ0v) is 11.2. The standard InChI is InChI=1S/C11H15BrN2O3/c1-2-5-13-9(15)3-6-14-11(16)8-4-7-17-10(8)12/h4,7H,2-3,5-6H2,1H3,(H,13,15)(H,14,16). The quantitative estimate of drug-likeness (QED) is 0.840. The van der Waals surface area contributed by atoms with Crippen molar-refractivity contribution in [2.45, 2.75) is 19.8 Å². The van der Waals surface area contributed by atoms with Gasteiger partial charge in [0.25, 0.3) is 5.91 Å². The average molecular weight is 303 g/mol. The summed E-state index contributed by atoms with van der Waals surface area (Å²) in [6.07, 6.45) is 2.61. The second-order valence-electron chi connectivity index (χ2n) is 3.46. The van der Waals surface area contributed by atoms with E-state index in [9.17, 15) is 9.59 Å². The second-order valence-corrected chi connectivity index (χ2v) is 4.18. The molecular formula is C11H15BrN2O3. The molecule has 2 N–H and O–H groups in total. The van der Waals surface area contributed by atoms with Gasteiger partial charge in [-0.15, -0.1) is 0 Å². The van der Waals surface area contributed by atoms with E-state index in [0.717, 1.165) is 6.42 Å². The van der Waals surface area contributed by atoms with E-state index >= 15 is 0 Å². The van der Waals surface area contributed by atoms with Crippen LogP contribution in [0.4, 0.5) is 0 Å². The maximum absolute atomic E-state index is 11.6. The van der Waals surface area contributed by atoms with E-state index in [4.69, 9.17) is 4.42 Å². The van der Waals surface area contributed by atoms with E-state index in [1.807, 2.05) is 6.92 Å². The minimum atomic E-state index is -0.256. The summed E-state index contributed by atoms with van der Waals surface area (Å²) in [4.78, 5) is 22.8. The first-order valence-corrected chi connectivity index (χ1v) is 6.22. The van der Waals surface area contributed by atoms with E-state index in [1.165, 1.54) is 6.26 Å². The molecule has 2 amide bonds. The van der Waals surface area contributed by atoms with Gasteiger partial charge in [-0.25, -0.2) is 0 Å². The van der Waals surface area contributed by atoms with Crippen LogP contribution in [0.15, 0.2) is 21.4 Å². The molecule has 0 aromatic carbocycles. The molecule has 0 saturated heterocycles. The van der Waals surface area contributed by atoms with Crippen LogP contribution in [-0.4, -0.2) is 24.9 Å². The number of furan rings is 1. The Kier molecular flexibility index (Phi) is 5.76. The number of nitrogens with one attached hydrogen (secondary N) is 2. The highest BCUT2D eigenvalue weighted by atomic mass is 79.9. The van der Waals surface area contributed by atoms with Gasteiger partial charge in [-0.3, -0.25) is 9.59 Å². The van der Waals surface area contributed by atoms with Crippen LogP contribution in [0, 0.1) is 0 Å². The van der Waals surface area contributed by atoms with Gasteiger partial charge >= 0.3 is 0 Å². The minimum absolute atomic E-state index is 0.0570. The van der Waals surface area contributed by atoms with Crippen LogP contribution in [0.3, 0.4) is 0 Å². The van der Waals surface area contributed by atoms with Gasteiger partial charge in [0.15, 0.2) is 4.67 Å². The van der Waals surface area contributed by atoms with Gasteiger partial charge < -0.3 is 15.1 Å². The molecule has 0 aliphatic rings. The van der Waals surface area contributed by atoms with Gasteiger partial charge in [0.05, 0.1) is 11.8 Å². The van der Waals surface area contributed by atoms with Crippen LogP contribution in [-0.2, 0) is 4.79 Å². The predicted molar refractivity (Wildman–Crippen MR) is 66.7 cm³/mol. The van der Waals surface area contributed by atoms with Gasteiger partial charge in [0, 0.05) is 19.5 Å². The minimum Gasteiger partial charge on any atom is -0.457 e. The molecule has 94 valence electrons. The molecule has 5 nitrogen and oxygen atoms in total. The van der Waals surface area contributed by atoms with Crippen molar-refractivity contribution in [2.24, 2.45) is 0 Å². The predicted octanol–water partition coefficient (Wildman–Crippen LogP) is 1.69. The van der Waals surface area contributed by atoms with Crippen LogP contribution in [0.25, 0.3) is 0 Å². The van der Waals surface area contributed by atoms with Crippen LogP contribution < -0.4 is 10.6 Å². The van der Waals surface area contributed by atoms with Crippen molar-refractivity contribution in [3.05, 3.63) is 22.6 Å². The van der Waals surface area contributed by atoms with Gasteiger partial charge in [-0.05, 0) is 28.4 Å². The molecule has 0 spiro atoms. The third kappa shape index (κ3) is 4.60. The highest BCUT2D eigenvalue weighted by Crippen LogP contribution is 2.16. The lowest BCUT2D eigenvalue weighted by atomic mass is 10.3. The summed E-state index contributed by atoms with van der Waals surface area (Å²) in [6, 6.07) is 1.57. The SMILES string of the molecule is CCCNC(=O)CCNC(=O)c1ccoc1Br. The molecule has 0 bridgehead atoms. The molecular weight excluding hydrogens is 288 g/mol. The van der Waals surface area contributed by atoms with Gasteiger partial charge in [-0.1, -0.05) is 6.92 Å². The van der Waals surface area contributed by atoms with Crippen LogP contribution in [0.5, 0.6) is 0 Å². The zero-order chi connectivity index (χ0) is 12.7. The lowest BCUT2D eigenvalue weighted by Gasteiger charge is -2.04. The number of hydrogen-bond donors (Lipinski definition) is 2. The Morgan fingerprint density at radius 3 is 2.71 bits per heavy atom. The Bertz CT molecular complexity index is 390. The molecule has 0 fully saturated rings. The maximum atomic E-state index is 11.6. The molecule has 0 aliphatic heterocycles. The van der Waals surface area contributed by atoms with Crippen molar-refractivity contribution in [1.82, 2.24) is 10.6 Å². The first-order valence-electron chi connectivity index (χ1n) is 5.43. The molecule has 17 heavy (non-hydrogen) atoms. The Balaban J connectivity index is 2.25. The number of hydrogen-bond acceptors (Lipinski definition) is 3. The maximum Gasteiger partial charge on any atom is 0.255 e. The van der Waals surface area contributed by atoms with Gasteiger partial charge in [0.2, 0.25) is 5.91 Å². The van der Waals surface area contributed by atoms with E-state index < -0.39 is 0 Å². The molecule has 0 radical (unpaired) electrons. The van der Waals surface area contributed by atoms with Crippen molar-refractivity contribution in [3.63, 3.8) is 0 Å². The molecule has 0 unspecified atom stereocenters. The summed E-state index contributed by atoms with van der Waals surface area (Å²) in [7, 11) is 0. The molecule has 1 aromatic rings. The topological polar surface area (TPSA) is 71.3 Å². The highest BCUT2D eigenvalue weighted by Gasteiger charge is 2.12. The van der Waals surface area contributed by atoms with E-state index in [-0.39, 0.29) is 18.2 Å². The smallest absolute Gasteiger partial charge is 0.255 e. The largest absolute Gasteiger partial charge is 0.457 e. The van der Waals surface area contributed by atoms with Crippen molar-refractivity contribution >= 4 is 27.7 Å². The van der Waals surface area contributed by atoms with Crippen molar-refractivity contribution in [1.29, 1.82) is 0 Å².